The van der Waals surface area contributed by atoms with E-state index in [1.54, 1.807) is 0 Å². The highest BCUT2D eigenvalue weighted by atomic mass is 127. The van der Waals surface area contributed by atoms with Crippen molar-refractivity contribution >= 4 is 24.0 Å². The Balaban J connectivity index is 0.00000196. The van der Waals surface area contributed by atoms with Crippen molar-refractivity contribution in [1.29, 1.82) is 5.26 Å². The van der Waals surface area contributed by atoms with Crippen molar-refractivity contribution in [1.82, 2.24) is 0 Å². The molecule has 15 heavy (non-hydrogen) atoms. The normalized spacial score (nSPS) is 10.0. The van der Waals surface area contributed by atoms with Crippen molar-refractivity contribution in [2.75, 3.05) is 0 Å². The number of benzene rings is 1. The second kappa shape index (κ2) is 5.80. The number of hydrogen-bond acceptors (Lipinski definition) is 2. The van der Waals surface area contributed by atoms with E-state index in [9.17, 15) is 13.2 Å². The SMILES string of the molecule is I.N#CCc1ccc(OC(F)(F)F)cc1. The van der Waals surface area contributed by atoms with Gasteiger partial charge in [-0.25, -0.2) is 0 Å². The lowest BCUT2D eigenvalue weighted by Crippen LogP contribution is -2.16. The third kappa shape index (κ3) is 5.47. The van der Waals surface area contributed by atoms with Crippen molar-refractivity contribution in [3.63, 3.8) is 0 Å². The van der Waals surface area contributed by atoms with Gasteiger partial charge in [0.15, 0.2) is 0 Å². The second-order valence-corrected chi connectivity index (χ2v) is 2.53. The number of nitrogens with zero attached hydrogens (tertiary/aromatic N) is 1. The van der Waals surface area contributed by atoms with Crippen LogP contribution in [0.2, 0.25) is 0 Å². The van der Waals surface area contributed by atoms with Crippen LogP contribution in [-0.2, 0) is 6.42 Å². The van der Waals surface area contributed by atoms with E-state index in [1.165, 1.54) is 24.3 Å². The van der Waals surface area contributed by atoms with Gasteiger partial charge in [0.1, 0.15) is 5.75 Å². The molecule has 0 saturated heterocycles. The van der Waals surface area contributed by atoms with Crippen LogP contribution in [0.5, 0.6) is 5.75 Å². The third-order valence-electron chi connectivity index (χ3n) is 1.44. The summed E-state index contributed by atoms with van der Waals surface area (Å²) in [6.45, 7) is 0. The molecular formula is C9H7F3INO. The molecule has 0 heterocycles. The number of hydrogen-bond donors (Lipinski definition) is 0. The summed E-state index contributed by atoms with van der Waals surface area (Å²) >= 11 is 0. The van der Waals surface area contributed by atoms with E-state index >= 15 is 0 Å². The molecule has 0 fully saturated rings. The molecule has 1 rings (SSSR count). The van der Waals surface area contributed by atoms with Crippen LogP contribution < -0.4 is 4.74 Å². The monoisotopic (exact) mass is 329 g/mol. The average molecular weight is 329 g/mol. The predicted octanol–water partition coefficient (Wildman–Crippen LogP) is 3.27. The quantitative estimate of drug-likeness (QED) is 0.781. The van der Waals surface area contributed by atoms with Crippen LogP contribution in [0, 0.1) is 11.3 Å². The highest BCUT2D eigenvalue weighted by Gasteiger charge is 2.30. The van der Waals surface area contributed by atoms with E-state index in [4.69, 9.17) is 5.26 Å². The molecule has 0 spiro atoms. The predicted molar refractivity (Wildman–Crippen MR) is 57.9 cm³/mol. The summed E-state index contributed by atoms with van der Waals surface area (Å²) in [5.41, 5.74) is 0.655. The molecule has 1 aromatic rings. The molecule has 0 unspecified atom stereocenters. The van der Waals surface area contributed by atoms with E-state index in [2.05, 4.69) is 4.74 Å². The van der Waals surface area contributed by atoms with Crippen LogP contribution in [0.1, 0.15) is 5.56 Å². The number of rotatable bonds is 2. The summed E-state index contributed by atoms with van der Waals surface area (Å²) in [6.07, 6.45) is -4.50. The first-order valence-corrected chi connectivity index (χ1v) is 3.73. The average Bonchev–Trinajstić information content (AvgIpc) is 2.06. The summed E-state index contributed by atoms with van der Waals surface area (Å²) in [7, 11) is 0. The molecule has 1 aromatic carbocycles. The maximum Gasteiger partial charge on any atom is 0.573 e. The summed E-state index contributed by atoms with van der Waals surface area (Å²) in [5.74, 6) is -0.279. The Labute approximate surface area is 102 Å². The molecule has 0 aliphatic heterocycles. The lowest BCUT2D eigenvalue weighted by molar-refractivity contribution is -0.274. The molecule has 82 valence electrons. The van der Waals surface area contributed by atoms with Crippen LogP contribution in [0.4, 0.5) is 13.2 Å². The van der Waals surface area contributed by atoms with Gasteiger partial charge >= 0.3 is 6.36 Å². The van der Waals surface area contributed by atoms with Gasteiger partial charge in [0.25, 0.3) is 0 Å². The van der Waals surface area contributed by atoms with Gasteiger partial charge in [-0.2, -0.15) is 5.26 Å². The maximum atomic E-state index is 11.7. The van der Waals surface area contributed by atoms with E-state index in [-0.39, 0.29) is 36.1 Å². The minimum absolute atomic E-state index is 0. The molecule has 0 bridgehead atoms. The molecule has 6 heteroatoms. The zero-order valence-electron chi connectivity index (χ0n) is 7.41. The molecular weight excluding hydrogens is 322 g/mol. The Bertz CT molecular complexity index is 342. The van der Waals surface area contributed by atoms with Gasteiger partial charge in [0.2, 0.25) is 0 Å². The first-order valence-electron chi connectivity index (χ1n) is 3.73. The Morgan fingerprint density at radius 1 is 1.20 bits per heavy atom. The van der Waals surface area contributed by atoms with Crippen molar-refractivity contribution in [2.24, 2.45) is 0 Å². The molecule has 0 amide bonds. The van der Waals surface area contributed by atoms with Crippen LogP contribution in [0.3, 0.4) is 0 Å². The fraction of sp³-hybridized carbons (Fsp3) is 0.222. The van der Waals surface area contributed by atoms with Gasteiger partial charge in [0.05, 0.1) is 12.5 Å². The van der Waals surface area contributed by atoms with Crippen molar-refractivity contribution < 1.29 is 17.9 Å². The summed E-state index contributed by atoms with van der Waals surface area (Å²) in [6, 6.07) is 7.09. The second-order valence-electron chi connectivity index (χ2n) is 2.53. The van der Waals surface area contributed by atoms with E-state index in [0.717, 1.165) is 0 Å². The van der Waals surface area contributed by atoms with Crippen molar-refractivity contribution in [3.8, 4) is 11.8 Å². The molecule has 0 radical (unpaired) electrons. The fourth-order valence-electron chi connectivity index (χ4n) is 0.900. The number of halogens is 4. The topological polar surface area (TPSA) is 33.0 Å². The highest BCUT2D eigenvalue weighted by Crippen LogP contribution is 2.22. The smallest absolute Gasteiger partial charge is 0.406 e. The third-order valence-corrected chi connectivity index (χ3v) is 1.44. The molecule has 0 N–H and O–H groups in total. The lowest BCUT2D eigenvalue weighted by atomic mass is 10.2. The standard InChI is InChI=1S/C9H6F3NO.HI/c10-9(11,12)14-8-3-1-7(2-4-8)5-6-13;/h1-4H,5H2;1H. The number of alkyl halides is 3. The Kier molecular flexibility index (Phi) is 5.43. The van der Waals surface area contributed by atoms with Crippen LogP contribution in [0.25, 0.3) is 0 Å². The summed E-state index contributed by atoms with van der Waals surface area (Å²) in [5, 5.41) is 8.31. The van der Waals surface area contributed by atoms with E-state index in [1.807, 2.05) is 6.07 Å². The Morgan fingerprint density at radius 3 is 2.13 bits per heavy atom. The first-order chi connectivity index (χ1) is 6.51. The van der Waals surface area contributed by atoms with Gasteiger partial charge < -0.3 is 4.74 Å². The zero-order chi connectivity index (χ0) is 10.6. The first kappa shape index (κ1) is 14.0. The summed E-state index contributed by atoms with van der Waals surface area (Å²) < 4.78 is 38.8. The molecule has 0 aromatic heterocycles. The lowest BCUT2D eigenvalue weighted by Gasteiger charge is -2.08. The highest BCUT2D eigenvalue weighted by molar-refractivity contribution is 14.0. The minimum atomic E-state index is -4.67. The minimum Gasteiger partial charge on any atom is -0.406 e. The van der Waals surface area contributed by atoms with Gasteiger partial charge in [-0.1, -0.05) is 12.1 Å². The van der Waals surface area contributed by atoms with Crippen molar-refractivity contribution in [3.05, 3.63) is 29.8 Å². The fourth-order valence-corrected chi connectivity index (χ4v) is 0.900. The number of nitriles is 1. The van der Waals surface area contributed by atoms with E-state index in [0.29, 0.717) is 5.56 Å². The molecule has 0 aliphatic carbocycles. The van der Waals surface area contributed by atoms with Crippen LogP contribution >= 0.6 is 24.0 Å². The Morgan fingerprint density at radius 2 is 1.73 bits per heavy atom. The maximum absolute atomic E-state index is 11.7. The van der Waals surface area contributed by atoms with Gasteiger partial charge in [0, 0.05) is 0 Å². The zero-order valence-corrected chi connectivity index (χ0v) is 9.74. The van der Waals surface area contributed by atoms with Gasteiger partial charge in [-0.15, -0.1) is 37.1 Å². The molecule has 2 nitrogen and oxygen atoms in total. The summed E-state index contributed by atoms with van der Waals surface area (Å²) in [4.78, 5) is 0. The molecule has 0 saturated carbocycles. The largest absolute Gasteiger partial charge is 0.573 e. The molecule has 0 aliphatic rings. The van der Waals surface area contributed by atoms with Gasteiger partial charge in [-0.05, 0) is 17.7 Å². The van der Waals surface area contributed by atoms with Crippen LogP contribution in [-0.4, -0.2) is 6.36 Å². The van der Waals surface area contributed by atoms with Gasteiger partial charge in [-0.3, -0.25) is 0 Å². The number of ether oxygens (including phenoxy) is 1. The Hall–Kier alpha value is -0.970. The molecule has 0 atom stereocenters. The van der Waals surface area contributed by atoms with Crippen LogP contribution in [0.15, 0.2) is 24.3 Å². The van der Waals surface area contributed by atoms with E-state index < -0.39 is 6.36 Å². The van der Waals surface area contributed by atoms with Crippen molar-refractivity contribution in [2.45, 2.75) is 12.8 Å².